The Bertz CT molecular complexity index is 452. The van der Waals surface area contributed by atoms with E-state index in [9.17, 15) is 0 Å². The number of nitrogens with two attached hydrogens (primary N) is 1. The lowest BCUT2D eigenvalue weighted by molar-refractivity contribution is 1.07. The number of aryl methyl sites for hydroxylation is 1. The van der Waals surface area contributed by atoms with Gasteiger partial charge in [0.05, 0.1) is 0 Å². The molecule has 2 heteroatoms. The molecule has 0 bridgehead atoms. The summed E-state index contributed by atoms with van der Waals surface area (Å²) in [6.07, 6.45) is 0. The van der Waals surface area contributed by atoms with E-state index in [2.05, 4.69) is 49.4 Å². The second-order valence-electron chi connectivity index (χ2n) is 3.73. The molecule has 2 rings (SSSR count). The van der Waals surface area contributed by atoms with Crippen LogP contribution in [-0.2, 0) is 6.54 Å². The molecule has 0 spiro atoms. The van der Waals surface area contributed by atoms with Gasteiger partial charge >= 0.3 is 0 Å². The molecule has 2 aromatic carbocycles. The van der Waals surface area contributed by atoms with Crippen molar-refractivity contribution in [2.75, 3.05) is 0 Å². The highest BCUT2D eigenvalue weighted by molar-refractivity contribution is 5.85. The van der Waals surface area contributed by atoms with E-state index >= 15 is 0 Å². The van der Waals surface area contributed by atoms with E-state index in [4.69, 9.17) is 5.73 Å². The Labute approximate surface area is 103 Å². The molecule has 0 heterocycles. The Morgan fingerprint density at radius 3 is 2.31 bits per heavy atom. The van der Waals surface area contributed by atoms with Gasteiger partial charge in [0.15, 0.2) is 0 Å². The first-order chi connectivity index (χ1) is 7.31. The minimum Gasteiger partial charge on any atom is -0.326 e. The first-order valence-electron chi connectivity index (χ1n) is 5.16. The lowest BCUT2D eigenvalue weighted by Crippen LogP contribution is -1.99. The first kappa shape index (κ1) is 12.8. The van der Waals surface area contributed by atoms with Gasteiger partial charge in [0.1, 0.15) is 0 Å². The third-order valence-corrected chi connectivity index (χ3v) is 2.57. The average molecular weight is 234 g/mol. The summed E-state index contributed by atoms with van der Waals surface area (Å²) < 4.78 is 0. The summed E-state index contributed by atoms with van der Waals surface area (Å²) in [5.41, 5.74) is 10.7. The lowest BCUT2D eigenvalue weighted by Gasteiger charge is -2.08. The van der Waals surface area contributed by atoms with Gasteiger partial charge in [0.2, 0.25) is 0 Å². The summed E-state index contributed by atoms with van der Waals surface area (Å²) >= 11 is 0. The Hall–Kier alpha value is -1.31. The zero-order valence-electron chi connectivity index (χ0n) is 9.31. The van der Waals surface area contributed by atoms with Crippen LogP contribution in [0.15, 0.2) is 48.5 Å². The second-order valence-corrected chi connectivity index (χ2v) is 3.73. The SMILES string of the molecule is Cc1ccc(-c2ccccc2)c(CN)c1.Cl. The number of benzene rings is 2. The van der Waals surface area contributed by atoms with Crippen molar-refractivity contribution in [3.05, 3.63) is 59.7 Å². The van der Waals surface area contributed by atoms with Crippen molar-refractivity contribution in [2.45, 2.75) is 13.5 Å². The first-order valence-corrected chi connectivity index (χ1v) is 5.16. The molecule has 0 aliphatic rings. The summed E-state index contributed by atoms with van der Waals surface area (Å²) in [5, 5.41) is 0. The van der Waals surface area contributed by atoms with Crippen LogP contribution in [0, 0.1) is 6.92 Å². The standard InChI is InChI=1S/C14H15N.ClH/c1-11-7-8-14(13(9-11)10-15)12-5-3-2-4-6-12;/h2-9H,10,15H2,1H3;1H. The Morgan fingerprint density at radius 1 is 1.00 bits per heavy atom. The van der Waals surface area contributed by atoms with Crippen molar-refractivity contribution in [3.63, 3.8) is 0 Å². The van der Waals surface area contributed by atoms with E-state index in [1.807, 2.05) is 6.07 Å². The van der Waals surface area contributed by atoms with Crippen LogP contribution in [0.2, 0.25) is 0 Å². The third-order valence-electron chi connectivity index (χ3n) is 2.57. The summed E-state index contributed by atoms with van der Waals surface area (Å²) in [5.74, 6) is 0. The molecule has 1 nitrogen and oxygen atoms in total. The van der Waals surface area contributed by atoms with E-state index in [1.54, 1.807) is 0 Å². The number of rotatable bonds is 2. The van der Waals surface area contributed by atoms with Gasteiger partial charge in [-0.15, -0.1) is 12.4 Å². The molecule has 0 aliphatic heterocycles. The lowest BCUT2D eigenvalue weighted by atomic mass is 9.98. The molecule has 0 aromatic heterocycles. The number of hydrogen-bond acceptors (Lipinski definition) is 1. The van der Waals surface area contributed by atoms with Crippen LogP contribution in [0.1, 0.15) is 11.1 Å². The predicted molar refractivity (Wildman–Crippen MR) is 71.8 cm³/mol. The van der Waals surface area contributed by atoms with Gasteiger partial charge in [-0.1, -0.05) is 54.1 Å². The summed E-state index contributed by atoms with van der Waals surface area (Å²) in [6, 6.07) is 16.8. The van der Waals surface area contributed by atoms with E-state index < -0.39 is 0 Å². The van der Waals surface area contributed by atoms with Crippen LogP contribution in [0.3, 0.4) is 0 Å². The fourth-order valence-electron chi connectivity index (χ4n) is 1.79. The highest BCUT2D eigenvalue weighted by atomic mass is 35.5. The zero-order valence-corrected chi connectivity index (χ0v) is 10.1. The van der Waals surface area contributed by atoms with Gasteiger partial charge in [-0.05, 0) is 23.6 Å². The van der Waals surface area contributed by atoms with Crippen molar-refractivity contribution >= 4 is 12.4 Å². The largest absolute Gasteiger partial charge is 0.326 e. The molecular formula is C14H16ClN. The Morgan fingerprint density at radius 2 is 1.69 bits per heavy atom. The average Bonchev–Trinajstić information content (AvgIpc) is 2.30. The van der Waals surface area contributed by atoms with Crippen molar-refractivity contribution in [1.29, 1.82) is 0 Å². The van der Waals surface area contributed by atoms with Gasteiger partial charge in [0.25, 0.3) is 0 Å². The molecular weight excluding hydrogens is 218 g/mol. The minimum absolute atomic E-state index is 0. The fraction of sp³-hybridized carbons (Fsp3) is 0.143. The van der Waals surface area contributed by atoms with Crippen LogP contribution < -0.4 is 5.73 Å². The highest BCUT2D eigenvalue weighted by Crippen LogP contribution is 2.24. The molecule has 0 aliphatic carbocycles. The van der Waals surface area contributed by atoms with E-state index in [-0.39, 0.29) is 12.4 Å². The molecule has 84 valence electrons. The van der Waals surface area contributed by atoms with Crippen LogP contribution in [0.4, 0.5) is 0 Å². The molecule has 0 fully saturated rings. The van der Waals surface area contributed by atoms with Crippen LogP contribution >= 0.6 is 12.4 Å². The molecule has 0 saturated carbocycles. The normalized spacial score (nSPS) is 9.62. The third kappa shape index (κ3) is 2.63. The molecule has 0 saturated heterocycles. The van der Waals surface area contributed by atoms with Gasteiger partial charge in [-0.25, -0.2) is 0 Å². The molecule has 16 heavy (non-hydrogen) atoms. The number of halogens is 1. The molecule has 0 unspecified atom stereocenters. The Balaban J connectivity index is 0.00000128. The maximum Gasteiger partial charge on any atom is 0.0184 e. The molecule has 2 aromatic rings. The van der Waals surface area contributed by atoms with Gasteiger partial charge in [-0.3, -0.25) is 0 Å². The Kier molecular flexibility index (Phi) is 4.53. The maximum atomic E-state index is 5.76. The van der Waals surface area contributed by atoms with Crippen molar-refractivity contribution in [1.82, 2.24) is 0 Å². The van der Waals surface area contributed by atoms with E-state index in [0.717, 1.165) is 0 Å². The van der Waals surface area contributed by atoms with Crippen LogP contribution in [0.25, 0.3) is 11.1 Å². The summed E-state index contributed by atoms with van der Waals surface area (Å²) in [7, 11) is 0. The quantitative estimate of drug-likeness (QED) is 0.844. The van der Waals surface area contributed by atoms with Gasteiger partial charge < -0.3 is 5.73 Å². The van der Waals surface area contributed by atoms with Crippen molar-refractivity contribution in [3.8, 4) is 11.1 Å². The van der Waals surface area contributed by atoms with Gasteiger partial charge in [-0.2, -0.15) is 0 Å². The zero-order chi connectivity index (χ0) is 10.7. The highest BCUT2D eigenvalue weighted by Gasteiger charge is 2.02. The number of hydrogen-bond donors (Lipinski definition) is 1. The molecule has 0 amide bonds. The van der Waals surface area contributed by atoms with E-state index in [0.29, 0.717) is 6.54 Å². The van der Waals surface area contributed by atoms with E-state index in [1.165, 1.54) is 22.3 Å². The second kappa shape index (κ2) is 5.69. The smallest absolute Gasteiger partial charge is 0.0184 e. The topological polar surface area (TPSA) is 26.0 Å². The summed E-state index contributed by atoms with van der Waals surface area (Å²) in [4.78, 5) is 0. The minimum atomic E-state index is 0. The summed E-state index contributed by atoms with van der Waals surface area (Å²) in [6.45, 7) is 2.68. The van der Waals surface area contributed by atoms with Crippen LogP contribution in [0.5, 0.6) is 0 Å². The van der Waals surface area contributed by atoms with Crippen LogP contribution in [-0.4, -0.2) is 0 Å². The van der Waals surface area contributed by atoms with Crippen molar-refractivity contribution in [2.24, 2.45) is 5.73 Å². The predicted octanol–water partition coefficient (Wildman–Crippen LogP) is 3.54. The van der Waals surface area contributed by atoms with Gasteiger partial charge in [0, 0.05) is 6.54 Å². The molecule has 0 atom stereocenters. The molecule has 0 radical (unpaired) electrons. The molecule has 2 N–H and O–H groups in total. The maximum absolute atomic E-state index is 5.76. The fourth-order valence-corrected chi connectivity index (χ4v) is 1.79. The van der Waals surface area contributed by atoms with Crippen molar-refractivity contribution < 1.29 is 0 Å². The monoisotopic (exact) mass is 233 g/mol.